The van der Waals surface area contributed by atoms with Crippen molar-refractivity contribution in [3.63, 3.8) is 0 Å². The van der Waals surface area contributed by atoms with Crippen LogP contribution in [0.4, 0.5) is 0 Å². The third kappa shape index (κ3) is 3.02. The van der Waals surface area contributed by atoms with E-state index in [2.05, 4.69) is 19.9 Å². The molecule has 3 heterocycles. The highest BCUT2D eigenvalue weighted by molar-refractivity contribution is 5.79. The van der Waals surface area contributed by atoms with Gasteiger partial charge in [0, 0.05) is 39.1 Å². The molecule has 130 valence electrons. The smallest absolute Gasteiger partial charge is 0.226 e. The number of nitrogens with one attached hydrogen (secondary N) is 1. The minimum Gasteiger partial charge on any atom is -0.369 e. The average molecular weight is 339 g/mol. The minimum absolute atomic E-state index is 0.0231. The van der Waals surface area contributed by atoms with Gasteiger partial charge in [-0.25, -0.2) is 9.97 Å². The van der Waals surface area contributed by atoms with Gasteiger partial charge in [-0.3, -0.25) is 4.79 Å². The Morgan fingerprint density at radius 3 is 3.08 bits per heavy atom. The molecule has 1 fully saturated rings. The van der Waals surface area contributed by atoms with Crippen LogP contribution in [-0.2, 0) is 23.1 Å². The lowest BCUT2D eigenvalue weighted by atomic mass is 10.00. The van der Waals surface area contributed by atoms with Crippen LogP contribution in [0.3, 0.4) is 0 Å². The molecule has 4 rings (SSSR count). The lowest BCUT2D eigenvalue weighted by Crippen LogP contribution is -2.34. The predicted octanol–water partition coefficient (Wildman–Crippen LogP) is 1.66. The zero-order valence-corrected chi connectivity index (χ0v) is 14.1. The number of imidazole rings is 2. The summed E-state index contributed by atoms with van der Waals surface area (Å²) in [5.41, 5.74) is 2.04. The van der Waals surface area contributed by atoms with Crippen molar-refractivity contribution in [2.24, 2.45) is 13.0 Å². The van der Waals surface area contributed by atoms with Crippen molar-refractivity contribution in [2.75, 3.05) is 13.2 Å². The van der Waals surface area contributed by atoms with Gasteiger partial charge in [0.05, 0.1) is 23.3 Å². The highest BCUT2D eigenvalue weighted by atomic mass is 16.5. The Bertz CT molecular complexity index is 884. The number of hydrogen-bond donors (Lipinski definition) is 1. The van der Waals surface area contributed by atoms with E-state index >= 15 is 0 Å². The summed E-state index contributed by atoms with van der Waals surface area (Å²) in [6, 6.07) is 7.98. The van der Waals surface area contributed by atoms with Gasteiger partial charge in [-0.2, -0.15) is 0 Å². The number of fused-ring (bicyclic) bond motifs is 1. The fourth-order valence-electron chi connectivity index (χ4n) is 3.38. The van der Waals surface area contributed by atoms with E-state index in [9.17, 15) is 4.79 Å². The molecule has 2 aromatic heterocycles. The van der Waals surface area contributed by atoms with Crippen LogP contribution in [0.25, 0.3) is 11.0 Å². The van der Waals surface area contributed by atoms with Gasteiger partial charge < -0.3 is 19.2 Å². The maximum Gasteiger partial charge on any atom is 0.226 e. The van der Waals surface area contributed by atoms with Crippen LogP contribution in [0.5, 0.6) is 0 Å². The first kappa shape index (κ1) is 15.8. The van der Waals surface area contributed by atoms with Crippen molar-refractivity contribution >= 4 is 16.9 Å². The Hall–Kier alpha value is -2.67. The largest absolute Gasteiger partial charge is 0.369 e. The molecule has 1 aliphatic heterocycles. The molecule has 3 aromatic rings. The van der Waals surface area contributed by atoms with Crippen molar-refractivity contribution in [1.29, 1.82) is 0 Å². The van der Waals surface area contributed by atoms with Crippen molar-refractivity contribution in [2.45, 2.75) is 19.1 Å². The van der Waals surface area contributed by atoms with Gasteiger partial charge >= 0.3 is 0 Å². The van der Waals surface area contributed by atoms with Crippen LogP contribution in [0.15, 0.2) is 43.0 Å². The molecule has 1 amide bonds. The molecular formula is C18H21N5O2. The average Bonchev–Trinajstić information content (AvgIpc) is 3.34. The van der Waals surface area contributed by atoms with Gasteiger partial charge in [0.2, 0.25) is 5.91 Å². The molecule has 0 saturated carbocycles. The molecule has 2 atom stereocenters. The number of rotatable bonds is 5. The number of aryl methyl sites for hydroxylation is 1. The summed E-state index contributed by atoms with van der Waals surface area (Å²) in [4.78, 5) is 21.3. The van der Waals surface area contributed by atoms with Crippen molar-refractivity contribution in [1.82, 2.24) is 24.4 Å². The van der Waals surface area contributed by atoms with Gasteiger partial charge in [-0.15, -0.1) is 0 Å². The third-order valence-electron chi connectivity index (χ3n) is 4.72. The number of amides is 1. The summed E-state index contributed by atoms with van der Waals surface area (Å²) in [7, 11) is 1.92. The maximum absolute atomic E-state index is 12.6. The number of benzene rings is 1. The molecule has 7 nitrogen and oxygen atoms in total. The van der Waals surface area contributed by atoms with Gasteiger partial charge in [0.25, 0.3) is 0 Å². The van der Waals surface area contributed by atoms with E-state index < -0.39 is 0 Å². The number of hydrogen-bond acceptors (Lipinski definition) is 4. The van der Waals surface area contributed by atoms with Crippen LogP contribution in [0, 0.1) is 5.92 Å². The van der Waals surface area contributed by atoms with Crippen molar-refractivity contribution in [3.05, 3.63) is 48.8 Å². The summed E-state index contributed by atoms with van der Waals surface area (Å²) in [5, 5.41) is 3.03. The Kier molecular flexibility index (Phi) is 4.23. The molecule has 1 aromatic carbocycles. The second kappa shape index (κ2) is 6.68. The zero-order chi connectivity index (χ0) is 17.2. The molecule has 0 aliphatic carbocycles. The first-order valence-electron chi connectivity index (χ1n) is 8.50. The topological polar surface area (TPSA) is 74.0 Å². The predicted molar refractivity (Wildman–Crippen MR) is 92.8 cm³/mol. The van der Waals surface area contributed by atoms with Crippen LogP contribution in [-0.4, -0.2) is 38.2 Å². The molecule has 0 spiro atoms. The molecule has 1 aliphatic rings. The summed E-state index contributed by atoms with van der Waals surface area (Å²) in [6.45, 7) is 1.83. The molecular weight excluding hydrogens is 318 g/mol. The summed E-state index contributed by atoms with van der Waals surface area (Å²) in [6.07, 6.45) is 5.87. The Balaban J connectivity index is 1.38. The SMILES string of the molecule is Cn1ccnc1[C@@H]1OCC[C@H]1C(=O)NCCn1cnc2ccccc21. The van der Waals surface area contributed by atoms with E-state index in [0.717, 1.165) is 23.3 Å². The summed E-state index contributed by atoms with van der Waals surface area (Å²) in [5.74, 6) is 0.633. The quantitative estimate of drug-likeness (QED) is 0.767. The Morgan fingerprint density at radius 1 is 1.36 bits per heavy atom. The molecule has 1 N–H and O–H groups in total. The summed E-state index contributed by atoms with van der Waals surface area (Å²) >= 11 is 0. The highest BCUT2D eigenvalue weighted by Crippen LogP contribution is 2.33. The summed E-state index contributed by atoms with van der Waals surface area (Å²) < 4.78 is 9.73. The first-order chi connectivity index (χ1) is 12.2. The zero-order valence-electron chi connectivity index (χ0n) is 14.1. The number of nitrogens with zero attached hydrogens (tertiary/aromatic N) is 4. The van der Waals surface area contributed by atoms with E-state index in [1.54, 1.807) is 6.20 Å². The lowest BCUT2D eigenvalue weighted by molar-refractivity contribution is -0.127. The van der Waals surface area contributed by atoms with Gasteiger partial charge in [0.1, 0.15) is 11.9 Å². The minimum atomic E-state index is -0.269. The number of ether oxygens (including phenoxy) is 1. The van der Waals surface area contributed by atoms with Crippen LogP contribution in [0.1, 0.15) is 18.3 Å². The number of aromatic nitrogens is 4. The second-order valence-electron chi connectivity index (χ2n) is 6.30. The fraction of sp³-hybridized carbons (Fsp3) is 0.389. The molecule has 7 heteroatoms. The van der Waals surface area contributed by atoms with Crippen molar-refractivity contribution in [3.8, 4) is 0 Å². The van der Waals surface area contributed by atoms with Gasteiger partial charge in [0.15, 0.2) is 0 Å². The van der Waals surface area contributed by atoms with E-state index in [1.807, 2.05) is 48.4 Å². The third-order valence-corrected chi connectivity index (χ3v) is 4.72. The molecule has 25 heavy (non-hydrogen) atoms. The Labute approximate surface area is 145 Å². The van der Waals surface area contributed by atoms with E-state index in [-0.39, 0.29) is 17.9 Å². The highest BCUT2D eigenvalue weighted by Gasteiger charge is 2.37. The number of carbonyl (C=O) groups is 1. The lowest BCUT2D eigenvalue weighted by Gasteiger charge is -2.18. The fourth-order valence-corrected chi connectivity index (χ4v) is 3.38. The first-order valence-corrected chi connectivity index (χ1v) is 8.50. The maximum atomic E-state index is 12.6. The van der Waals surface area contributed by atoms with E-state index in [1.165, 1.54) is 0 Å². The monoisotopic (exact) mass is 339 g/mol. The molecule has 0 bridgehead atoms. The number of para-hydroxylation sites is 2. The van der Waals surface area contributed by atoms with Crippen molar-refractivity contribution < 1.29 is 9.53 Å². The molecule has 1 saturated heterocycles. The second-order valence-corrected chi connectivity index (χ2v) is 6.30. The van der Waals surface area contributed by atoms with E-state index in [4.69, 9.17) is 4.74 Å². The van der Waals surface area contributed by atoms with Crippen LogP contribution < -0.4 is 5.32 Å². The van der Waals surface area contributed by atoms with Gasteiger partial charge in [-0.05, 0) is 18.6 Å². The number of carbonyl (C=O) groups excluding carboxylic acids is 1. The molecule has 0 radical (unpaired) electrons. The normalized spacial score (nSPS) is 20.2. The van der Waals surface area contributed by atoms with E-state index in [0.29, 0.717) is 19.7 Å². The Morgan fingerprint density at radius 2 is 2.24 bits per heavy atom. The van der Waals surface area contributed by atoms with Gasteiger partial charge in [-0.1, -0.05) is 12.1 Å². The van der Waals surface area contributed by atoms with Crippen LogP contribution in [0.2, 0.25) is 0 Å². The van der Waals surface area contributed by atoms with Crippen LogP contribution >= 0.6 is 0 Å². The standard InChI is InChI=1S/C18H21N5O2/c1-22-9-7-19-17(22)16-13(6-11-25-16)18(24)20-8-10-23-12-21-14-4-2-3-5-15(14)23/h2-5,7,9,12-13,16H,6,8,10-11H2,1H3,(H,20,24)/t13-,16-/m1/s1. The molecule has 0 unspecified atom stereocenters.